The summed E-state index contributed by atoms with van der Waals surface area (Å²) >= 11 is 6.05. The Labute approximate surface area is 183 Å². The van der Waals surface area contributed by atoms with Crippen LogP contribution in [0.5, 0.6) is 0 Å². The minimum Gasteiger partial charge on any atom is -0.352 e. The summed E-state index contributed by atoms with van der Waals surface area (Å²) in [7, 11) is -3.97. The van der Waals surface area contributed by atoms with Crippen molar-refractivity contribution in [3.63, 3.8) is 0 Å². The van der Waals surface area contributed by atoms with Gasteiger partial charge in [0, 0.05) is 37.5 Å². The van der Waals surface area contributed by atoms with Crippen molar-refractivity contribution in [2.24, 2.45) is 0 Å². The van der Waals surface area contributed by atoms with E-state index in [0.29, 0.717) is 4.57 Å². The van der Waals surface area contributed by atoms with Crippen LogP contribution in [0.2, 0.25) is 5.02 Å². The highest BCUT2D eigenvalue weighted by Gasteiger charge is 2.20. The van der Waals surface area contributed by atoms with Crippen molar-refractivity contribution < 1.29 is 22.0 Å². The third-order valence-corrected chi connectivity index (χ3v) is 6.27. The van der Waals surface area contributed by atoms with Gasteiger partial charge in [-0.3, -0.25) is 9.36 Å². The van der Waals surface area contributed by atoms with Gasteiger partial charge in [0.15, 0.2) is 0 Å². The van der Waals surface area contributed by atoms with Crippen molar-refractivity contribution in [2.75, 3.05) is 6.54 Å². The molecule has 0 spiro atoms. The molecule has 0 aliphatic heterocycles. The Morgan fingerprint density at radius 3 is 2.61 bits per heavy atom. The number of benzene rings is 2. The molecule has 0 aliphatic rings. The van der Waals surface area contributed by atoms with Crippen LogP contribution in [-0.2, 0) is 23.0 Å². The summed E-state index contributed by atoms with van der Waals surface area (Å²) in [5.41, 5.74) is 0.833. The second-order valence-electron chi connectivity index (χ2n) is 6.49. The Morgan fingerprint density at radius 1 is 1.16 bits per heavy atom. The zero-order valence-corrected chi connectivity index (χ0v) is 17.7. The Morgan fingerprint density at radius 2 is 1.90 bits per heavy atom. The summed E-state index contributed by atoms with van der Waals surface area (Å²) in [4.78, 5) is 16.0. The number of amides is 1. The van der Waals surface area contributed by atoms with E-state index < -0.39 is 22.5 Å². The second-order valence-corrected chi connectivity index (χ2v) is 8.63. The van der Waals surface area contributed by atoms with Crippen LogP contribution >= 0.6 is 11.6 Å². The first-order valence-electron chi connectivity index (χ1n) is 9.19. The molecule has 0 unspecified atom stereocenters. The van der Waals surface area contributed by atoms with Gasteiger partial charge in [-0.05, 0) is 23.8 Å². The molecular formula is C20H19ClF2N4O3S. The number of sulfonamides is 1. The average Bonchev–Trinajstić information content (AvgIpc) is 3.22. The number of rotatable bonds is 9. The normalized spacial score (nSPS) is 11.6. The molecule has 0 fully saturated rings. The number of carbonyl (C=O) groups is 1. The summed E-state index contributed by atoms with van der Waals surface area (Å²) in [6.07, 6.45) is 2.49. The molecule has 11 heteroatoms. The molecule has 0 bridgehead atoms. The third-order valence-electron chi connectivity index (χ3n) is 4.39. The zero-order chi connectivity index (χ0) is 22.4. The van der Waals surface area contributed by atoms with Gasteiger partial charge in [-0.25, -0.2) is 18.1 Å². The van der Waals surface area contributed by atoms with Gasteiger partial charge in [-0.15, -0.1) is 0 Å². The van der Waals surface area contributed by atoms with Gasteiger partial charge in [-0.1, -0.05) is 41.9 Å². The molecule has 0 atom stereocenters. The predicted octanol–water partition coefficient (Wildman–Crippen LogP) is 3.38. The number of carbonyl (C=O) groups excluding carboxylic acids is 1. The fourth-order valence-corrected chi connectivity index (χ4v) is 4.35. The van der Waals surface area contributed by atoms with Crippen LogP contribution in [0.4, 0.5) is 8.78 Å². The van der Waals surface area contributed by atoms with Gasteiger partial charge in [0.1, 0.15) is 10.7 Å². The summed E-state index contributed by atoms with van der Waals surface area (Å²) in [6, 6.07) is 12.8. The fourth-order valence-electron chi connectivity index (χ4n) is 2.81. The summed E-state index contributed by atoms with van der Waals surface area (Å²) in [5, 5.41) is 2.53. The molecule has 1 aromatic heterocycles. The van der Waals surface area contributed by atoms with Crippen molar-refractivity contribution in [3.8, 4) is 0 Å². The highest BCUT2D eigenvalue weighted by atomic mass is 35.5. The fraction of sp³-hybridized carbons (Fsp3) is 0.200. The van der Waals surface area contributed by atoms with Crippen LogP contribution in [0.25, 0.3) is 0 Å². The van der Waals surface area contributed by atoms with Crippen LogP contribution in [0.3, 0.4) is 0 Å². The molecule has 7 nitrogen and oxygen atoms in total. The highest BCUT2D eigenvalue weighted by Crippen LogP contribution is 2.23. The van der Waals surface area contributed by atoms with E-state index in [1.54, 1.807) is 24.3 Å². The Bertz CT molecular complexity index is 1150. The zero-order valence-electron chi connectivity index (χ0n) is 16.1. The van der Waals surface area contributed by atoms with Crippen LogP contribution < -0.4 is 10.0 Å². The van der Waals surface area contributed by atoms with Crippen LogP contribution in [0, 0.1) is 0 Å². The monoisotopic (exact) mass is 468 g/mol. The Balaban J connectivity index is 1.66. The molecule has 1 heterocycles. The molecule has 0 saturated heterocycles. The molecule has 0 radical (unpaired) electrons. The minimum atomic E-state index is -3.97. The van der Waals surface area contributed by atoms with Gasteiger partial charge in [-0.2, -0.15) is 8.78 Å². The number of aromatic nitrogens is 2. The maximum Gasteiger partial charge on any atom is 0.319 e. The molecule has 2 aromatic carbocycles. The van der Waals surface area contributed by atoms with Gasteiger partial charge >= 0.3 is 6.55 Å². The standard InChI is InChI=1S/C20H19ClF2N4O3S/c21-16-7-6-15(19(28)25-9-8-18-24-10-11-27(18)20(22)23)12-17(16)31(29,30)26-13-14-4-2-1-3-5-14/h1-7,10-12,20,26H,8-9,13H2,(H,25,28). The van der Waals surface area contributed by atoms with E-state index in [0.717, 1.165) is 11.8 Å². The molecular weight excluding hydrogens is 450 g/mol. The van der Waals surface area contributed by atoms with Gasteiger partial charge < -0.3 is 5.32 Å². The lowest BCUT2D eigenvalue weighted by molar-refractivity contribution is 0.0670. The van der Waals surface area contributed by atoms with Gasteiger partial charge in [0.2, 0.25) is 10.0 Å². The lowest BCUT2D eigenvalue weighted by Crippen LogP contribution is -2.27. The summed E-state index contributed by atoms with van der Waals surface area (Å²) < 4.78 is 54.2. The molecule has 0 aliphatic carbocycles. The summed E-state index contributed by atoms with van der Waals surface area (Å²) in [6.45, 7) is -2.62. The highest BCUT2D eigenvalue weighted by molar-refractivity contribution is 7.89. The maximum absolute atomic E-state index is 12.8. The molecule has 0 saturated carbocycles. The van der Waals surface area contributed by atoms with Crippen LogP contribution in [0.1, 0.15) is 28.3 Å². The van der Waals surface area contributed by atoms with E-state index >= 15 is 0 Å². The molecule has 2 N–H and O–H groups in total. The smallest absolute Gasteiger partial charge is 0.319 e. The molecule has 164 valence electrons. The van der Waals surface area contributed by atoms with Crippen molar-refractivity contribution >= 4 is 27.5 Å². The lowest BCUT2D eigenvalue weighted by Gasteiger charge is -2.11. The Kier molecular flexibility index (Phi) is 7.37. The largest absolute Gasteiger partial charge is 0.352 e. The number of hydrogen-bond acceptors (Lipinski definition) is 4. The number of hydrogen-bond donors (Lipinski definition) is 2. The van der Waals surface area contributed by atoms with E-state index in [1.807, 2.05) is 6.07 Å². The first kappa shape index (κ1) is 22.9. The van der Waals surface area contributed by atoms with Gasteiger partial charge in [0.25, 0.3) is 5.91 Å². The van der Waals surface area contributed by atoms with Crippen molar-refractivity contribution in [2.45, 2.75) is 24.4 Å². The van der Waals surface area contributed by atoms with E-state index in [9.17, 15) is 22.0 Å². The topological polar surface area (TPSA) is 93.1 Å². The third kappa shape index (κ3) is 5.87. The van der Waals surface area contributed by atoms with Crippen molar-refractivity contribution in [3.05, 3.63) is 82.9 Å². The predicted molar refractivity (Wildman–Crippen MR) is 111 cm³/mol. The first-order valence-corrected chi connectivity index (χ1v) is 11.1. The first-order chi connectivity index (χ1) is 14.8. The quantitative estimate of drug-likeness (QED) is 0.503. The maximum atomic E-state index is 12.8. The van der Waals surface area contributed by atoms with E-state index in [2.05, 4.69) is 15.0 Å². The van der Waals surface area contributed by atoms with E-state index in [4.69, 9.17) is 11.6 Å². The van der Waals surface area contributed by atoms with Crippen LogP contribution in [0.15, 0.2) is 65.8 Å². The van der Waals surface area contributed by atoms with E-state index in [-0.39, 0.29) is 40.8 Å². The van der Waals surface area contributed by atoms with Crippen LogP contribution in [-0.4, -0.2) is 30.4 Å². The lowest BCUT2D eigenvalue weighted by atomic mass is 10.2. The van der Waals surface area contributed by atoms with Crippen molar-refractivity contribution in [1.82, 2.24) is 19.6 Å². The number of halogens is 3. The average molecular weight is 469 g/mol. The number of alkyl halides is 2. The second kappa shape index (κ2) is 9.99. The Hall–Kier alpha value is -2.82. The molecule has 3 aromatic rings. The van der Waals surface area contributed by atoms with Gasteiger partial charge in [0.05, 0.1) is 5.02 Å². The number of nitrogens with zero attached hydrogens (tertiary/aromatic N) is 2. The van der Waals surface area contributed by atoms with E-state index in [1.165, 1.54) is 24.4 Å². The molecule has 3 rings (SSSR count). The van der Waals surface area contributed by atoms with Crippen molar-refractivity contribution in [1.29, 1.82) is 0 Å². The summed E-state index contributed by atoms with van der Waals surface area (Å²) in [5.74, 6) is -0.439. The SMILES string of the molecule is O=C(NCCc1nccn1C(F)F)c1ccc(Cl)c(S(=O)(=O)NCc2ccccc2)c1. The molecule has 1 amide bonds. The number of imidazole rings is 1. The number of nitrogens with one attached hydrogen (secondary N) is 2. The minimum absolute atomic E-state index is 0.0314. The molecule has 31 heavy (non-hydrogen) atoms.